The molecule has 0 spiro atoms. The average Bonchev–Trinajstić information content (AvgIpc) is 2.67. The van der Waals surface area contributed by atoms with Gasteiger partial charge in [0.1, 0.15) is 5.83 Å². The fourth-order valence-electron chi connectivity index (χ4n) is 5.50. The van der Waals surface area contributed by atoms with Crippen molar-refractivity contribution < 1.29 is 17.9 Å². The smallest absolute Gasteiger partial charge is 0.164 e. The van der Waals surface area contributed by atoms with Gasteiger partial charge in [-0.25, -0.2) is 13.2 Å². The van der Waals surface area contributed by atoms with Crippen LogP contribution in [0.3, 0.4) is 0 Å². The molecule has 27 heavy (non-hydrogen) atoms. The van der Waals surface area contributed by atoms with Crippen LogP contribution in [0, 0.1) is 35.8 Å². The van der Waals surface area contributed by atoms with Gasteiger partial charge >= 0.3 is 0 Å². The van der Waals surface area contributed by atoms with Gasteiger partial charge in [0.2, 0.25) is 0 Å². The van der Waals surface area contributed by atoms with Gasteiger partial charge in [-0.1, -0.05) is 31.9 Å². The second kappa shape index (κ2) is 6.95. The van der Waals surface area contributed by atoms with Crippen LogP contribution in [0.2, 0.25) is 0 Å². The Morgan fingerprint density at radius 1 is 0.963 bits per heavy atom. The van der Waals surface area contributed by atoms with Crippen LogP contribution in [0.5, 0.6) is 0 Å². The summed E-state index contributed by atoms with van der Waals surface area (Å²) in [6, 6.07) is 3.12. The predicted molar refractivity (Wildman–Crippen MR) is 99.8 cm³/mol. The third-order valence-electron chi connectivity index (χ3n) is 7.52. The summed E-state index contributed by atoms with van der Waals surface area (Å²) >= 11 is 0. The number of halogens is 3. The van der Waals surface area contributed by atoms with Crippen molar-refractivity contribution >= 4 is 0 Å². The van der Waals surface area contributed by atoms with Gasteiger partial charge in [0.05, 0.1) is 12.2 Å². The zero-order chi connectivity index (χ0) is 19.2. The van der Waals surface area contributed by atoms with Crippen molar-refractivity contribution in [3.8, 4) is 0 Å². The first-order chi connectivity index (χ1) is 12.9. The molecule has 148 valence electrons. The molecule has 2 fully saturated rings. The fraction of sp³-hybridized carbons (Fsp3) is 0.652. The lowest BCUT2D eigenvalue weighted by molar-refractivity contribution is -0.0986. The molecule has 0 atom stereocenters. The number of ether oxygens (including phenoxy) is 1. The van der Waals surface area contributed by atoms with Crippen molar-refractivity contribution in [2.75, 3.05) is 0 Å². The molecule has 1 nitrogen and oxygen atoms in total. The van der Waals surface area contributed by atoms with Crippen molar-refractivity contribution in [3.05, 3.63) is 46.8 Å². The minimum atomic E-state index is -0.854. The highest BCUT2D eigenvalue weighted by Crippen LogP contribution is 2.60. The van der Waals surface area contributed by atoms with Crippen molar-refractivity contribution in [3.63, 3.8) is 0 Å². The van der Waals surface area contributed by atoms with E-state index >= 15 is 4.39 Å². The van der Waals surface area contributed by atoms with Crippen LogP contribution in [0.25, 0.3) is 0 Å². The zero-order valence-corrected chi connectivity index (χ0v) is 16.3. The summed E-state index contributed by atoms with van der Waals surface area (Å²) in [6.07, 6.45) is 9.43. The first-order valence-electron chi connectivity index (χ1n) is 10.3. The van der Waals surface area contributed by atoms with E-state index in [0.29, 0.717) is 5.92 Å². The van der Waals surface area contributed by atoms with Gasteiger partial charge < -0.3 is 4.74 Å². The molecule has 2 saturated carbocycles. The Bertz CT molecular complexity index is 738. The molecule has 0 unspecified atom stereocenters. The molecule has 5 rings (SSSR count). The molecule has 0 amide bonds. The molecule has 2 bridgehead atoms. The van der Waals surface area contributed by atoms with Crippen molar-refractivity contribution in [2.45, 2.75) is 77.4 Å². The van der Waals surface area contributed by atoms with E-state index in [9.17, 15) is 8.78 Å². The average molecular weight is 378 g/mol. The van der Waals surface area contributed by atoms with E-state index in [-0.39, 0.29) is 29.0 Å². The molecule has 1 aromatic rings. The van der Waals surface area contributed by atoms with Crippen molar-refractivity contribution in [1.29, 1.82) is 0 Å². The molecule has 0 N–H and O–H groups in total. The standard InChI is InChI=1S/C23H29F3O/c1-15-3-7-18(8-4-15)23-11-9-22(10-12-23,13-19(23)24)27-14-17-6-5-16(2)20(25)21(17)26/h5-6,13,15,18H,3-4,7-12,14H2,1-2H3. The second-order valence-corrected chi connectivity index (χ2v) is 9.13. The lowest BCUT2D eigenvalue weighted by Crippen LogP contribution is -2.49. The second-order valence-electron chi connectivity index (χ2n) is 9.13. The lowest BCUT2D eigenvalue weighted by Gasteiger charge is -2.54. The SMILES string of the molecule is Cc1ccc(COC23C=C(F)C(C4CCC(C)CC4)(CC2)CC3)c(F)c1F. The highest BCUT2D eigenvalue weighted by molar-refractivity contribution is 5.27. The molecule has 1 aromatic carbocycles. The third kappa shape index (κ3) is 3.24. The number of hydrogen-bond donors (Lipinski definition) is 0. The summed E-state index contributed by atoms with van der Waals surface area (Å²) in [5.41, 5.74) is -0.485. The van der Waals surface area contributed by atoms with Gasteiger partial charge in [-0.15, -0.1) is 0 Å². The number of aryl methyl sites for hydroxylation is 1. The Balaban J connectivity index is 1.49. The largest absolute Gasteiger partial charge is 0.366 e. The molecule has 0 saturated heterocycles. The van der Waals surface area contributed by atoms with Crippen LogP contribution in [0.1, 0.15) is 69.4 Å². The van der Waals surface area contributed by atoms with Gasteiger partial charge in [-0.3, -0.25) is 0 Å². The number of rotatable bonds is 4. The molecular weight excluding hydrogens is 349 g/mol. The van der Waals surface area contributed by atoms with E-state index in [1.807, 2.05) is 0 Å². The topological polar surface area (TPSA) is 9.23 Å². The quantitative estimate of drug-likeness (QED) is 0.561. The van der Waals surface area contributed by atoms with E-state index in [2.05, 4.69) is 6.92 Å². The first-order valence-corrected chi connectivity index (χ1v) is 10.3. The minimum Gasteiger partial charge on any atom is -0.366 e. The Kier molecular flexibility index (Phi) is 4.90. The summed E-state index contributed by atoms with van der Waals surface area (Å²) in [7, 11) is 0. The molecular formula is C23H29F3O. The number of hydrogen-bond acceptors (Lipinski definition) is 1. The number of allylic oxidation sites excluding steroid dienone is 1. The van der Waals surface area contributed by atoms with E-state index in [0.717, 1.165) is 44.4 Å². The molecule has 4 aliphatic carbocycles. The Hall–Kier alpha value is -1.29. The zero-order valence-electron chi connectivity index (χ0n) is 16.3. The van der Waals surface area contributed by atoms with Crippen LogP contribution < -0.4 is 0 Å². The predicted octanol–water partition coefficient (Wildman–Crippen LogP) is 6.78. The summed E-state index contributed by atoms with van der Waals surface area (Å²) in [4.78, 5) is 0. The normalized spacial score (nSPS) is 36.0. The van der Waals surface area contributed by atoms with Crippen LogP contribution in [0.4, 0.5) is 13.2 Å². The summed E-state index contributed by atoms with van der Waals surface area (Å²) in [6.45, 7) is 3.79. The minimum absolute atomic E-state index is 0.0184. The Morgan fingerprint density at radius 2 is 1.63 bits per heavy atom. The van der Waals surface area contributed by atoms with Gasteiger partial charge in [0.15, 0.2) is 11.6 Å². The van der Waals surface area contributed by atoms with E-state index in [1.54, 1.807) is 18.2 Å². The highest BCUT2D eigenvalue weighted by Gasteiger charge is 2.54. The fourth-order valence-corrected chi connectivity index (χ4v) is 5.50. The van der Waals surface area contributed by atoms with E-state index < -0.39 is 17.2 Å². The van der Waals surface area contributed by atoms with Crippen LogP contribution in [0.15, 0.2) is 24.0 Å². The van der Waals surface area contributed by atoms with Gasteiger partial charge in [0.25, 0.3) is 0 Å². The van der Waals surface area contributed by atoms with Crippen LogP contribution in [-0.4, -0.2) is 5.60 Å². The highest BCUT2D eigenvalue weighted by atomic mass is 19.2. The Labute approximate surface area is 160 Å². The Morgan fingerprint density at radius 3 is 2.26 bits per heavy atom. The van der Waals surface area contributed by atoms with Crippen molar-refractivity contribution in [1.82, 2.24) is 0 Å². The van der Waals surface area contributed by atoms with Gasteiger partial charge in [-0.2, -0.15) is 0 Å². The summed E-state index contributed by atoms with van der Waals surface area (Å²) < 4.78 is 49.2. The maximum absolute atomic E-state index is 15.2. The van der Waals surface area contributed by atoms with Crippen LogP contribution in [-0.2, 0) is 11.3 Å². The summed E-state index contributed by atoms with van der Waals surface area (Å²) in [5.74, 6) is -0.507. The van der Waals surface area contributed by atoms with Crippen LogP contribution >= 0.6 is 0 Å². The number of benzene rings is 1. The lowest BCUT2D eigenvalue weighted by atomic mass is 9.54. The molecule has 0 heterocycles. The molecule has 0 aromatic heterocycles. The molecule has 0 radical (unpaired) electrons. The monoisotopic (exact) mass is 378 g/mol. The van der Waals surface area contributed by atoms with Gasteiger partial charge in [0, 0.05) is 11.0 Å². The third-order valence-corrected chi connectivity index (χ3v) is 7.52. The van der Waals surface area contributed by atoms with Gasteiger partial charge in [-0.05, 0) is 68.9 Å². The molecule has 0 aliphatic heterocycles. The van der Waals surface area contributed by atoms with E-state index in [4.69, 9.17) is 4.74 Å². The summed E-state index contributed by atoms with van der Waals surface area (Å²) in [5, 5.41) is 0. The van der Waals surface area contributed by atoms with E-state index in [1.165, 1.54) is 19.8 Å². The molecule has 4 heteroatoms. The first kappa shape index (κ1) is 19.0. The van der Waals surface area contributed by atoms with Crippen molar-refractivity contribution in [2.24, 2.45) is 17.3 Å². The number of fused-ring (bicyclic) bond motifs is 2. The maximum Gasteiger partial charge on any atom is 0.164 e. The maximum atomic E-state index is 15.2. The molecule has 4 aliphatic rings.